The number of nitrogens with one attached hydrogen (secondary N) is 1. The molecule has 0 saturated carbocycles. The van der Waals surface area contributed by atoms with Crippen molar-refractivity contribution in [3.63, 3.8) is 0 Å². The van der Waals surface area contributed by atoms with Gasteiger partial charge in [0.25, 0.3) is 10.0 Å². The second-order valence-electron chi connectivity index (χ2n) is 11.5. The third-order valence-electron chi connectivity index (χ3n) is 8.49. The summed E-state index contributed by atoms with van der Waals surface area (Å²) < 4.78 is 82.8. The van der Waals surface area contributed by atoms with Gasteiger partial charge in [-0.15, -0.1) is 5.10 Å². The highest BCUT2D eigenvalue weighted by Gasteiger charge is 2.38. The molecule has 2 atom stereocenters. The minimum Gasteiger partial charge on any atom is -0.329 e. The molecule has 2 aromatic carbocycles. The van der Waals surface area contributed by atoms with E-state index >= 15 is 0 Å². The van der Waals surface area contributed by atoms with Gasteiger partial charge >= 0.3 is 6.18 Å². The molecule has 6 rings (SSSR count). The molecule has 1 amide bonds. The second kappa shape index (κ2) is 12.0. The molecule has 0 spiro atoms. The largest absolute Gasteiger partial charge is 0.416 e. The quantitative estimate of drug-likeness (QED) is 0.389. The van der Waals surface area contributed by atoms with Crippen LogP contribution in [0.4, 0.5) is 17.6 Å². The van der Waals surface area contributed by atoms with Gasteiger partial charge in [-0.3, -0.25) is 14.0 Å². The number of carbonyl (C=O) groups is 1. The van der Waals surface area contributed by atoms with Crippen LogP contribution in [-0.2, 0) is 40.4 Å². The third-order valence-corrected chi connectivity index (χ3v) is 10.3. The van der Waals surface area contributed by atoms with Crippen LogP contribution < -0.4 is 5.32 Å². The van der Waals surface area contributed by atoms with E-state index in [1.165, 1.54) is 11.1 Å². The number of sulfonamides is 1. The average Bonchev–Trinajstić information content (AvgIpc) is 3.47. The number of nitrogens with zero attached hydrogens (tertiary/aromatic N) is 5. The number of benzene rings is 2. The van der Waals surface area contributed by atoms with E-state index < -0.39 is 44.8 Å². The summed E-state index contributed by atoms with van der Waals surface area (Å²) in [5.74, 6) is -0.635. The summed E-state index contributed by atoms with van der Waals surface area (Å²) in [5, 5.41) is 11.0. The zero-order valence-corrected chi connectivity index (χ0v) is 24.6. The molecule has 2 aliphatic heterocycles. The van der Waals surface area contributed by atoms with Crippen LogP contribution in [0.1, 0.15) is 59.7 Å². The molecular formula is C30H32F4N6O3S. The SMILES string of the molecule is O=C1NC=CN(S(=O)(=O)c2cccc(C(F)(F)F)c2)C1Cc1cn([C@@H]2CCCc3cc(CN4CCC(F)CC4)ccc32)nn1. The van der Waals surface area contributed by atoms with Crippen molar-refractivity contribution >= 4 is 15.9 Å². The Bertz CT molecular complexity index is 1670. The summed E-state index contributed by atoms with van der Waals surface area (Å²) in [4.78, 5) is 14.5. The Morgan fingerprint density at radius 1 is 1.05 bits per heavy atom. The van der Waals surface area contributed by atoms with Gasteiger partial charge in [0.05, 0.1) is 22.2 Å². The van der Waals surface area contributed by atoms with Crippen LogP contribution in [0.25, 0.3) is 0 Å². The Kier molecular flexibility index (Phi) is 8.22. The molecule has 1 fully saturated rings. The second-order valence-corrected chi connectivity index (χ2v) is 13.3. The molecule has 1 unspecified atom stereocenters. The van der Waals surface area contributed by atoms with Crippen LogP contribution in [0, 0.1) is 0 Å². The Hall–Kier alpha value is -3.78. The number of piperidine rings is 1. The summed E-state index contributed by atoms with van der Waals surface area (Å²) in [7, 11) is -4.51. The molecule has 1 aromatic heterocycles. The highest BCUT2D eigenvalue weighted by Crippen LogP contribution is 2.34. The Morgan fingerprint density at radius 2 is 1.84 bits per heavy atom. The van der Waals surface area contributed by atoms with E-state index in [4.69, 9.17) is 0 Å². The van der Waals surface area contributed by atoms with Gasteiger partial charge in [0.2, 0.25) is 5.91 Å². The number of halogens is 4. The monoisotopic (exact) mass is 632 g/mol. The molecule has 9 nitrogen and oxygen atoms in total. The van der Waals surface area contributed by atoms with E-state index in [1.807, 2.05) is 0 Å². The minimum absolute atomic E-state index is 0.0960. The summed E-state index contributed by atoms with van der Waals surface area (Å²) in [5.41, 5.74) is 2.77. The average molecular weight is 633 g/mol. The summed E-state index contributed by atoms with van der Waals surface area (Å²) >= 11 is 0. The topological polar surface area (TPSA) is 100 Å². The fourth-order valence-electron chi connectivity index (χ4n) is 6.18. The minimum atomic E-state index is -4.73. The lowest BCUT2D eigenvalue weighted by Crippen LogP contribution is -2.50. The molecule has 1 saturated heterocycles. The molecule has 14 heteroatoms. The van der Waals surface area contributed by atoms with Crippen molar-refractivity contribution in [2.75, 3.05) is 13.1 Å². The molecular weight excluding hydrogens is 600 g/mol. The first-order valence-electron chi connectivity index (χ1n) is 14.6. The molecule has 3 aromatic rings. The van der Waals surface area contributed by atoms with Gasteiger partial charge in [0.1, 0.15) is 12.2 Å². The van der Waals surface area contributed by atoms with Gasteiger partial charge in [-0.05, 0) is 67.0 Å². The van der Waals surface area contributed by atoms with E-state index in [0.29, 0.717) is 24.6 Å². The molecule has 1 aliphatic carbocycles. The van der Waals surface area contributed by atoms with Crippen LogP contribution in [-0.4, -0.2) is 63.8 Å². The van der Waals surface area contributed by atoms with Crippen molar-refractivity contribution in [1.29, 1.82) is 0 Å². The maximum Gasteiger partial charge on any atom is 0.416 e. The first-order valence-corrected chi connectivity index (χ1v) is 16.0. The fourth-order valence-corrected chi connectivity index (χ4v) is 7.68. The zero-order chi connectivity index (χ0) is 31.1. The molecule has 3 aliphatic rings. The highest BCUT2D eigenvalue weighted by atomic mass is 32.2. The van der Waals surface area contributed by atoms with Crippen LogP contribution >= 0.6 is 0 Å². The number of alkyl halides is 4. The Balaban J connectivity index is 1.20. The van der Waals surface area contributed by atoms with Crippen LogP contribution in [0.5, 0.6) is 0 Å². The van der Waals surface area contributed by atoms with Crippen molar-refractivity contribution in [3.05, 3.63) is 89.0 Å². The van der Waals surface area contributed by atoms with Crippen molar-refractivity contribution in [1.82, 2.24) is 29.5 Å². The van der Waals surface area contributed by atoms with Crippen molar-refractivity contribution in [3.8, 4) is 0 Å². The smallest absolute Gasteiger partial charge is 0.329 e. The van der Waals surface area contributed by atoms with Gasteiger partial charge in [-0.25, -0.2) is 17.5 Å². The lowest BCUT2D eigenvalue weighted by Gasteiger charge is -2.31. The lowest BCUT2D eigenvalue weighted by atomic mass is 9.86. The number of amides is 1. The van der Waals surface area contributed by atoms with E-state index in [9.17, 15) is 30.8 Å². The predicted octanol–water partition coefficient (Wildman–Crippen LogP) is 4.36. The zero-order valence-electron chi connectivity index (χ0n) is 23.8. The number of likely N-dealkylation sites (tertiary alicyclic amines) is 1. The number of fused-ring (bicyclic) bond motifs is 1. The van der Waals surface area contributed by atoms with E-state index in [2.05, 4.69) is 38.7 Å². The van der Waals surface area contributed by atoms with E-state index in [0.717, 1.165) is 79.4 Å². The lowest BCUT2D eigenvalue weighted by molar-refractivity contribution is -0.137. The normalized spacial score (nSPS) is 21.7. The number of hydrogen-bond acceptors (Lipinski definition) is 6. The standard InChI is InChI=1S/C30H32F4N6O3S/c31-23-9-12-38(13-10-23)18-20-7-8-26-21(15-20)3-1-6-27(26)39-19-24(36-37-39)17-28-29(41)35-11-14-40(28)44(42,43)25-5-2-4-22(16-25)30(32,33)34/h2,4-5,7-8,11,14-16,19,23,27-28H,1,3,6,9-10,12-13,17-18H2,(H,35,41)/t27-,28?/m1/s1. The predicted molar refractivity (Wildman–Crippen MR) is 152 cm³/mol. The van der Waals surface area contributed by atoms with Crippen molar-refractivity contribution in [2.45, 2.75) is 74.4 Å². The van der Waals surface area contributed by atoms with Gasteiger partial charge < -0.3 is 5.32 Å². The maximum absolute atomic E-state index is 13.5. The molecule has 234 valence electrons. The summed E-state index contributed by atoms with van der Waals surface area (Å²) in [6, 6.07) is 8.44. The number of aromatic nitrogens is 3. The molecule has 44 heavy (non-hydrogen) atoms. The fraction of sp³-hybridized carbons (Fsp3) is 0.433. The van der Waals surface area contributed by atoms with Crippen LogP contribution in [0.3, 0.4) is 0 Å². The maximum atomic E-state index is 13.5. The molecule has 0 bridgehead atoms. The summed E-state index contributed by atoms with van der Waals surface area (Å²) in [6.07, 6.45) is 2.18. The molecule has 3 heterocycles. The highest BCUT2D eigenvalue weighted by molar-refractivity contribution is 7.89. The van der Waals surface area contributed by atoms with Crippen molar-refractivity contribution < 1.29 is 30.8 Å². The van der Waals surface area contributed by atoms with Gasteiger partial charge in [0, 0.05) is 44.7 Å². The number of hydrogen-bond donors (Lipinski definition) is 1. The number of carbonyl (C=O) groups excluding carboxylic acids is 1. The van der Waals surface area contributed by atoms with Crippen LogP contribution in [0.15, 0.2) is 66.0 Å². The number of aryl methyl sites for hydroxylation is 1. The van der Waals surface area contributed by atoms with E-state index in [1.54, 1.807) is 10.9 Å². The molecule has 0 radical (unpaired) electrons. The van der Waals surface area contributed by atoms with Crippen molar-refractivity contribution in [2.24, 2.45) is 0 Å². The van der Waals surface area contributed by atoms with Gasteiger partial charge in [-0.1, -0.05) is 29.5 Å². The van der Waals surface area contributed by atoms with Crippen LogP contribution in [0.2, 0.25) is 0 Å². The first-order chi connectivity index (χ1) is 21.0. The van der Waals surface area contributed by atoms with E-state index in [-0.39, 0.29) is 12.5 Å². The van der Waals surface area contributed by atoms with Gasteiger partial charge in [-0.2, -0.15) is 13.2 Å². The first kappa shape index (κ1) is 30.3. The number of rotatable bonds is 7. The Labute approximate surface area is 252 Å². The van der Waals surface area contributed by atoms with Gasteiger partial charge in [0.15, 0.2) is 0 Å². The Morgan fingerprint density at radius 3 is 2.61 bits per heavy atom. The molecule has 1 N–H and O–H groups in total. The third kappa shape index (κ3) is 6.23. The summed E-state index contributed by atoms with van der Waals surface area (Å²) in [6.45, 7) is 2.27.